The average molecular weight is 272 g/mol. The van der Waals surface area contributed by atoms with Gasteiger partial charge in [-0.2, -0.15) is 0 Å². The largest absolute Gasteiger partial charge is 0.0798 e. The van der Waals surface area contributed by atoms with Gasteiger partial charge in [-0.15, -0.1) is 0 Å². The number of hydrogen-bond acceptors (Lipinski definition) is 0. The van der Waals surface area contributed by atoms with Crippen LogP contribution in [0.15, 0.2) is 41.5 Å². The van der Waals surface area contributed by atoms with Gasteiger partial charge in [-0.1, -0.05) is 67.8 Å². The van der Waals surface area contributed by atoms with Crippen LogP contribution in [0, 0.1) is 18.8 Å². The second-order valence-electron chi connectivity index (χ2n) is 5.84. The molecule has 0 heteroatoms. The zero-order valence-corrected chi connectivity index (χ0v) is 14.2. The SMILES string of the molecule is CC.CC(C)=C(C)C1CC=C(c2cccc(C)c2)C1C.[HH]. The van der Waals surface area contributed by atoms with E-state index in [1.54, 1.807) is 5.57 Å². The van der Waals surface area contributed by atoms with Crippen LogP contribution in [0.2, 0.25) is 0 Å². The van der Waals surface area contributed by atoms with Crippen molar-refractivity contribution in [2.24, 2.45) is 11.8 Å². The monoisotopic (exact) mass is 272 g/mol. The number of benzene rings is 1. The molecule has 0 heterocycles. The van der Waals surface area contributed by atoms with Gasteiger partial charge < -0.3 is 0 Å². The average Bonchev–Trinajstić information content (AvgIpc) is 2.82. The van der Waals surface area contributed by atoms with Crippen LogP contribution in [0.1, 0.15) is 60.5 Å². The fraction of sp³-hybridized carbons (Fsp3) is 0.500. The third kappa shape index (κ3) is 3.62. The standard InChI is InChI=1S/C18H24.C2H6.H2/c1-12(2)14(4)17-9-10-18(15(17)5)16-8-6-7-13(3)11-16;1-2;/h6-8,10-11,15,17H,9H2,1-5H3;1-2H3;1H. The van der Waals surface area contributed by atoms with Gasteiger partial charge in [0, 0.05) is 1.43 Å². The van der Waals surface area contributed by atoms with Crippen LogP contribution >= 0.6 is 0 Å². The normalized spacial score (nSPS) is 20.9. The lowest BCUT2D eigenvalue weighted by molar-refractivity contribution is 0.528. The molecule has 1 aromatic rings. The van der Waals surface area contributed by atoms with Gasteiger partial charge in [0.2, 0.25) is 0 Å². The Morgan fingerprint density at radius 1 is 1.15 bits per heavy atom. The predicted molar refractivity (Wildman–Crippen MR) is 93.9 cm³/mol. The Hall–Kier alpha value is -1.30. The summed E-state index contributed by atoms with van der Waals surface area (Å²) in [4.78, 5) is 0. The number of rotatable bonds is 2. The van der Waals surface area contributed by atoms with E-state index in [1.807, 2.05) is 13.8 Å². The third-order valence-electron chi connectivity index (χ3n) is 4.38. The second-order valence-corrected chi connectivity index (χ2v) is 5.84. The molecule has 0 nitrogen and oxygen atoms in total. The summed E-state index contributed by atoms with van der Waals surface area (Å²) in [5, 5.41) is 0. The molecule has 20 heavy (non-hydrogen) atoms. The molecule has 0 amide bonds. The maximum atomic E-state index is 2.44. The minimum atomic E-state index is 0. The minimum Gasteiger partial charge on any atom is -0.0798 e. The zero-order chi connectivity index (χ0) is 15.3. The van der Waals surface area contributed by atoms with Crippen LogP contribution in [0.3, 0.4) is 0 Å². The van der Waals surface area contributed by atoms with Crippen molar-refractivity contribution in [3.63, 3.8) is 0 Å². The molecule has 0 saturated heterocycles. The highest BCUT2D eigenvalue weighted by molar-refractivity contribution is 5.70. The molecule has 0 aromatic heterocycles. The Morgan fingerprint density at radius 2 is 1.80 bits per heavy atom. The molecule has 2 atom stereocenters. The summed E-state index contributed by atoms with van der Waals surface area (Å²) in [6.07, 6.45) is 3.64. The van der Waals surface area contributed by atoms with Gasteiger partial charge in [0.1, 0.15) is 0 Å². The van der Waals surface area contributed by atoms with Gasteiger partial charge in [-0.05, 0) is 57.1 Å². The summed E-state index contributed by atoms with van der Waals surface area (Å²) in [7, 11) is 0. The number of aryl methyl sites for hydroxylation is 1. The first-order chi connectivity index (χ1) is 9.50. The molecule has 0 spiro atoms. The van der Waals surface area contributed by atoms with Crippen LogP contribution in [0.25, 0.3) is 5.57 Å². The van der Waals surface area contributed by atoms with Crippen molar-refractivity contribution in [3.05, 3.63) is 52.6 Å². The van der Waals surface area contributed by atoms with Gasteiger partial charge in [-0.3, -0.25) is 0 Å². The molecule has 0 N–H and O–H groups in total. The highest BCUT2D eigenvalue weighted by atomic mass is 14.3. The van der Waals surface area contributed by atoms with E-state index in [0.717, 1.165) is 0 Å². The number of hydrogen-bond donors (Lipinski definition) is 0. The van der Waals surface area contributed by atoms with Crippen molar-refractivity contribution >= 4 is 5.57 Å². The first-order valence-electron chi connectivity index (χ1n) is 7.91. The molecule has 0 fully saturated rings. The molecule has 0 aliphatic heterocycles. The zero-order valence-electron chi connectivity index (χ0n) is 14.2. The van der Waals surface area contributed by atoms with Gasteiger partial charge >= 0.3 is 0 Å². The molecule has 0 saturated carbocycles. The molecule has 1 aliphatic rings. The Kier molecular flexibility index (Phi) is 6.26. The first kappa shape index (κ1) is 16.8. The van der Waals surface area contributed by atoms with E-state index in [0.29, 0.717) is 11.8 Å². The van der Waals surface area contributed by atoms with E-state index in [9.17, 15) is 0 Å². The summed E-state index contributed by atoms with van der Waals surface area (Å²) in [6.45, 7) is 15.3. The Morgan fingerprint density at radius 3 is 2.35 bits per heavy atom. The smallest absolute Gasteiger partial charge is 0 e. The van der Waals surface area contributed by atoms with Gasteiger partial charge in [-0.25, -0.2) is 0 Å². The Balaban J connectivity index is 0.00000128. The molecule has 1 aliphatic carbocycles. The summed E-state index contributed by atoms with van der Waals surface area (Å²) in [6, 6.07) is 8.89. The highest BCUT2D eigenvalue weighted by Crippen LogP contribution is 2.42. The van der Waals surface area contributed by atoms with Crippen LogP contribution in [0.5, 0.6) is 0 Å². The van der Waals surface area contributed by atoms with Crippen molar-refractivity contribution in [2.75, 3.05) is 0 Å². The van der Waals surface area contributed by atoms with E-state index in [2.05, 4.69) is 65.0 Å². The second kappa shape index (κ2) is 7.47. The van der Waals surface area contributed by atoms with E-state index >= 15 is 0 Å². The summed E-state index contributed by atoms with van der Waals surface area (Å²) in [5.41, 5.74) is 7.34. The maximum Gasteiger partial charge on any atom is 0 e. The maximum absolute atomic E-state index is 2.44. The lowest BCUT2D eigenvalue weighted by Crippen LogP contribution is -2.09. The molecule has 112 valence electrons. The molecule has 0 bridgehead atoms. The molecule has 1 aromatic carbocycles. The predicted octanol–water partition coefficient (Wildman–Crippen LogP) is 6.66. The van der Waals surface area contributed by atoms with E-state index < -0.39 is 0 Å². The summed E-state index contributed by atoms with van der Waals surface area (Å²) < 4.78 is 0. The van der Waals surface area contributed by atoms with Gasteiger partial charge in [0.15, 0.2) is 0 Å². The Labute approximate surface area is 127 Å². The third-order valence-corrected chi connectivity index (χ3v) is 4.38. The van der Waals surface area contributed by atoms with Crippen LogP contribution in [-0.2, 0) is 0 Å². The van der Waals surface area contributed by atoms with Crippen molar-refractivity contribution in [1.82, 2.24) is 0 Å². The van der Waals surface area contributed by atoms with Crippen molar-refractivity contribution in [2.45, 2.75) is 54.9 Å². The highest BCUT2D eigenvalue weighted by Gasteiger charge is 2.28. The van der Waals surface area contributed by atoms with E-state index in [1.165, 1.54) is 28.7 Å². The topological polar surface area (TPSA) is 0 Å². The Bertz CT molecular complexity index is 504. The first-order valence-corrected chi connectivity index (χ1v) is 7.91. The van der Waals surface area contributed by atoms with Crippen LogP contribution in [-0.4, -0.2) is 0 Å². The molecular weight excluding hydrogens is 240 g/mol. The molecule has 2 rings (SSSR count). The lowest BCUT2D eigenvalue weighted by Gasteiger charge is -2.21. The van der Waals surface area contributed by atoms with Crippen molar-refractivity contribution in [3.8, 4) is 0 Å². The van der Waals surface area contributed by atoms with E-state index in [-0.39, 0.29) is 1.43 Å². The number of allylic oxidation sites excluding steroid dienone is 4. The fourth-order valence-electron chi connectivity index (χ4n) is 2.99. The van der Waals surface area contributed by atoms with Gasteiger partial charge in [0.25, 0.3) is 0 Å². The van der Waals surface area contributed by atoms with Crippen molar-refractivity contribution < 1.29 is 1.43 Å². The molecular formula is C20H32. The lowest BCUT2D eigenvalue weighted by atomic mass is 9.83. The fourth-order valence-corrected chi connectivity index (χ4v) is 2.99. The summed E-state index contributed by atoms with van der Waals surface area (Å²) >= 11 is 0. The van der Waals surface area contributed by atoms with Crippen LogP contribution < -0.4 is 0 Å². The van der Waals surface area contributed by atoms with E-state index in [4.69, 9.17) is 0 Å². The summed E-state index contributed by atoms with van der Waals surface area (Å²) in [5.74, 6) is 1.34. The van der Waals surface area contributed by atoms with Gasteiger partial charge in [0.05, 0.1) is 0 Å². The van der Waals surface area contributed by atoms with Crippen LogP contribution in [0.4, 0.5) is 0 Å². The van der Waals surface area contributed by atoms with Crippen molar-refractivity contribution in [1.29, 1.82) is 0 Å². The quantitative estimate of drug-likeness (QED) is 0.528. The minimum absolute atomic E-state index is 0. The molecule has 2 unspecified atom stereocenters. The molecule has 0 radical (unpaired) electrons.